The molecule has 1 aliphatic carbocycles. The fourth-order valence-electron chi connectivity index (χ4n) is 1.84. The van der Waals surface area contributed by atoms with E-state index in [1.165, 1.54) is 12.8 Å². The maximum Gasteiger partial charge on any atom is 0.0991 e. The molecule has 0 atom stereocenters. The lowest BCUT2D eigenvalue weighted by Gasteiger charge is -2.39. The molecule has 0 unspecified atom stereocenters. The maximum atomic E-state index is 7.95. The van der Waals surface area contributed by atoms with Crippen molar-refractivity contribution in [2.75, 3.05) is 19.7 Å². The molecule has 2 fully saturated rings. The van der Waals surface area contributed by atoms with E-state index in [0.29, 0.717) is 5.92 Å². The predicted octanol–water partition coefficient (Wildman–Crippen LogP) is 1.48. The molecule has 1 aliphatic heterocycles. The zero-order valence-electron chi connectivity index (χ0n) is 8.47. The number of nitrogens with zero attached hydrogens (tertiary/aromatic N) is 1. The lowest BCUT2D eigenvalue weighted by Crippen LogP contribution is -2.50. The van der Waals surface area contributed by atoms with Crippen molar-refractivity contribution < 1.29 is 4.74 Å². The van der Waals surface area contributed by atoms with Crippen LogP contribution in [-0.4, -0.2) is 36.0 Å². The zero-order valence-corrected chi connectivity index (χ0v) is 8.47. The summed E-state index contributed by atoms with van der Waals surface area (Å²) in [7, 11) is 0. The minimum Gasteiger partial charge on any atom is -0.372 e. The Morgan fingerprint density at radius 1 is 1.46 bits per heavy atom. The molecule has 0 amide bonds. The minimum absolute atomic E-state index is 0.0700. The summed E-state index contributed by atoms with van der Waals surface area (Å²) in [5.74, 6) is 1.41. The zero-order chi connectivity index (χ0) is 9.47. The van der Waals surface area contributed by atoms with E-state index in [4.69, 9.17) is 10.1 Å². The molecule has 1 N–H and O–H groups in total. The highest BCUT2D eigenvalue weighted by molar-refractivity contribution is 5.83. The van der Waals surface area contributed by atoms with Crippen molar-refractivity contribution in [1.29, 1.82) is 5.41 Å². The third kappa shape index (κ3) is 2.02. The number of amidine groups is 1. The van der Waals surface area contributed by atoms with Crippen LogP contribution in [0.1, 0.15) is 26.7 Å². The van der Waals surface area contributed by atoms with Gasteiger partial charge in [-0.1, -0.05) is 0 Å². The standard InChI is InChI=1S/C10H18N2O/c1-10(2)7-12(5-6-13-10)9(11)8-3-4-8/h8,11H,3-7H2,1-2H3. The van der Waals surface area contributed by atoms with Gasteiger partial charge in [0.15, 0.2) is 0 Å². The molecule has 1 saturated carbocycles. The van der Waals surface area contributed by atoms with Gasteiger partial charge in [-0.05, 0) is 26.7 Å². The first kappa shape index (κ1) is 9.00. The molecule has 13 heavy (non-hydrogen) atoms. The van der Waals surface area contributed by atoms with Crippen LogP contribution in [0.2, 0.25) is 0 Å². The topological polar surface area (TPSA) is 36.3 Å². The van der Waals surface area contributed by atoms with Crippen molar-refractivity contribution >= 4 is 5.84 Å². The van der Waals surface area contributed by atoms with Gasteiger partial charge in [0.05, 0.1) is 18.0 Å². The Morgan fingerprint density at radius 2 is 2.15 bits per heavy atom. The molecular formula is C10H18N2O. The van der Waals surface area contributed by atoms with E-state index in [2.05, 4.69) is 18.7 Å². The lowest BCUT2D eigenvalue weighted by atomic mass is 10.1. The van der Waals surface area contributed by atoms with Crippen LogP contribution in [0, 0.1) is 11.3 Å². The SMILES string of the molecule is CC1(C)CN(C(=N)C2CC2)CCO1. The smallest absolute Gasteiger partial charge is 0.0991 e. The second kappa shape index (κ2) is 2.98. The Labute approximate surface area is 79.6 Å². The van der Waals surface area contributed by atoms with Crippen molar-refractivity contribution in [2.45, 2.75) is 32.3 Å². The van der Waals surface area contributed by atoms with Crippen LogP contribution in [0.5, 0.6) is 0 Å². The van der Waals surface area contributed by atoms with Crippen molar-refractivity contribution in [1.82, 2.24) is 4.90 Å². The molecule has 3 heteroatoms. The predicted molar refractivity (Wildman–Crippen MR) is 52.1 cm³/mol. The van der Waals surface area contributed by atoms with Crippen LogP contribution in [0.15, 0.2) is 0 Å². The fraction of sp³-hybridized carbons (Fsp3) is 0.900. The molecule has 0 spiro atoms. The van der Waals surface area contributed by atoms with Gasteiger partial charge in [0, 0.05) is 19.0 Å². The van der Waals surface area contributed by atoms with Crippen LogP contribution < -0.4 is 0 Å². The first-order valence-corrected chi connectivity index (χ1v) is 5.06. The van der Waals surface area contributed by atoms with Gasteiger partial charge in [0.25, 0.3) is 0 Å². The van der Waals surface area contributed by atoms with Crippen molar-refractivity contribution in [2.24, 2.45) is 5.92 Å². The summed E-state index contributed by atoms with van der Waals surface area (Å²) in [6.45, 7) is 6.74. The first-order valence-electron chi connectivity index (χ1n) is 5.06. The monoisotopic (exact) mass is 182 g/mol. The van der Waals surface area contributed by atoms with Gasteiger partial charge in [0.1, 0.15) is 0 Å². The number of rotatable bonds is 1. The first-order chi connectivity index (χ1) is 6.08. The Balaban J connectivity index is 1.95. The molecule has 1 heterocycles. The van der Waals surface area contributed by atoms with Gasteiger partial charge in [-0.15, -0.1) is 0 Å². The van der Waals surface area contributed by atoms with Gasteiger partial charge in [-0.3, -0.25) is 5.41 Å². The highest BCUT2D eigenvalue weighted by atomic mass is 16.5. The summed E-state index contributed by atoms with van der Waals surface area (Å²) in [6.07, 6.45) is 2.44. The third-order valence-corrected chi connectivity index (χ3v) is 2.73. The average molecular weight is 182 g/mol. The molecule has 0 radical (unpaired) electrons. The Hall–Kier alpha value is -0.570. The van der Waals surface area contributed by atoms with Gasteiger partial charge >= 0.3 is 0 Å². The molecule has 74 valence electrons. The number of ether oxygens (including phenoxy) is 1. The summed E-state index contributed by atoms with van der Waals surface area (Å²) in [5.41, 5.74) is -0.0700. The van der Waals surface area contributed by atoms with Crippen molar-refractivity contribution in [3.63, 3.8) is 0 Å². The summed E-state index contributed by atoms with van der Waals surface area (Å²) in [4.78, 5) is 2.18. The lowest BCUT2D eigenvalue weighted by molar-refractivity contribution is -0.0685. The molecule has 3 nitrogen and oxygen atoms in total. The van der Waals surface area contributed by atoms with Crippen LogP contribution in [0.25, 0.3) is 0 Å². The summed E-state index contributed by atoms with van der Waals surface area (Å²) in [6, 6.07) is 0. The van der Waals surface area contributed by atoms with Crippen molar-refractivity contribution in [3.05, 3.63) is 0 Å². The van der Waals surface area contributed by atoms with Crippen molar-refractivity contribution in [3.8, 4) is 0 Å². The average Bonchev–Trinajstić information content (AvgIpc) is 2.83. The summed E-state index contributed by atoms with van der Waals surface area (Å²) >= 11 is 0. The third-order valence-electron chi connectivity index (χ3n) is 2.73. The van der Waals surface area contributed by atoms with Gasteiger partial charge in [-0.25, -0.2) is 0 Å². The molecular weight excluding hydrogens is 164 g/mol. The van der Waals surface area contributed by atoms with Crippen LogP contribution in [0.3, 0.4) is 0 Å². The highest BCUT2D eigenvalue weighted by Crippen LogP contribution is 2.32. The van der Waals surface area contributed by atoms with E-state index >= 15 is 0 Å². The largest absolute Gasteiger partial charge is 0.372 e. The Morgan fingerprint density at radius 3 is 2.69 bits per heavy atom. The molecule has 0 aromatic carbocycles. The van der Waals surface area contributed by atoms with Gasteiger partial charge in [-0.2, -0.15) is 0 Å². The highest BCUT2D eigenvalue weighted by Gasteiger charge is 2.35. The quantitative estimate of drug-likeness (QED) is 0.492. The summed E-state index contributed by atoms with van der Waals surface area (Å²) < 4.78 is 5.61. The molecule has 0 aromatic rings. The van der Waals surface area contributed by atoms with E-state index in [1.54, 1.807) is 0 Å². The molecule has 1 saturated heterocycles. The number of morpholine rings is 1. The second-order valence-electron chi connectivity index (χ2n) is 4.69. The molecule has 2 aliphatic rings. The fourth-order valence-corrected chi connectivity index (χ4v) is 1.84. The Bertz CT molecular complexity index is 221. The molecule has 0 bridgehead atoms. The minimum atomic E-state index is -0.0700. The maximum absolute atomic E-state index is 7.95. The molecule has 0 aromatic heterocycles. The van der Waals surface area contributed by atoms with E-state index in [-0.39, 0.29) is 5.60 Å². The second-order valence-corrected chi connectivity index (χ2v) is 4.69. The van der Waals surface area contributed by atoms with E-state index in [9.17, 15) is 0 Å². The van der Waals surface area contributed by atoms with E-state index in [0.717, 1.165) is 25.5 Å². The van der Waals surface area contributed by atoms with E-state index in [1.807, 2.05) is 0 Å². The number of nitrogens with one attached hydrogen (secondary N) is 1. The van der Waals surface area contributed by atoms with Crippen LogP contribution in [0.4, 0.5) is 0 Å². The molecule has 2 rings (SSSR count). The normalized spacial score (nSPS) is 27.4. The van der Waals surface area contributed by atoms with E-state index < -0.39 is 0 Å². The number of hydrogen-bond donors (Lipinski definition) is 1. The van der Waals surface area contributed by atoms with Gasteiger partial charge < -0.3 is 9.64 Å². The number of hydrogen-bond acceptors (Lipinski definition) is 2. The van der Waals surface area contributed by atoms with Crippen LogP contribution in [-0.2, 0) is 4.74 Å². The van der Waals surface area contributed by atoms with Gasteiger partial charge in [0.2, 0.25) is 0 Å². The Kier molecular flexibility index (Phi) is 2.06. The summed E-state index contributed by atoms with van der Waals surface area (Å²) in [5, 5.41) is 7.95. The van der Waals surface area contributed by atoms with Crippen LogP contribution >= 0.6 is 0 Å².